The predicted molar refractivity (Wildman–Crippen MR) is 93.6 cm³/mol. The Morgan fingerprint density at radius 1 is 0.968 bits per heavy atom. The van der Waals surface area contributed by atoms with E-state index in [2.05, 4.69) is 14.8 Å². The van der Waals surface area contributed by atoms with Crippen molar-refractivity contribution in [2.75, 3.05) is 4.72 Å². The molecule has 0 unspecified atom stereocenters. The summed E-state index contributed by atoms with van der Waals surface area (Å²) in [5, 5.41) is 5.47. The van der Waals surface area contributed by atoms with Gasteiger partial charge in [-0.3, -0.25) is 9.71 Å². The second kappa shape index (κ2) is 7.64. The maximum absolute atomic E-state index is 13.2. The van der Waals surface area contributed by atoms with Gasteiger partial charge in [0.15, 0.2) is 5.82 Å². The molecular formula is C16H10F6N4O4S. The lowest BCUT2D eigenvalue weighted by Gasteiger charge is -2.14. The van der Waals surface area contributed by atoms with Gasteiger partial charge in [0, 0.05) is 5.56 Å². The topological polar surface area (TPSA) is 117 Å². The third-order valence-corrected chi connectivity index (χ3v) is 5.05. The van der Waals surface area contributed by atoms with E-state index in [0.29, 0.717) is 12.1 Å². The van der Waals surface area contributed by atoms with Crippen LogP contribution in [0.3, 0.4) is 0 Å². The number of aromatic nitrogens is 3. The van der Waals surface area contributed by atoms with Crippen LogP contribution in [0.4, 0.5) is 32.0 Å². The summed E-state index contributed by atoms with van der Waals surface area (Å²) in [6, 6.07) is 5.16. The van der Waals surface area contributed by atoms with Crippen LogP contribution in [-0.4, -0.2) is 30.0 Å². The van der Waals surface area contributed by atoms with E-state index >= 15 is 0 Å². The molecule has 0 saturated heterocycles. The van der Waals surface area contributed by atoms with Crippen LogP contribution in [0.25, 0.3) is 11.4 Å². The normalized spacial score (nSPS) is 12.6. The third-order valence-electron chi connectivity index (χ3n) is 3.65. The van der Waals surface area contributed by atoms with Crippen molar-refractivity contribution >= 4 is 15.7 Å². The van der Waals surface area contributed by atoms with Crippen molar-refractivity contribution in [2.45, 2.75) is 17.4 Å². The first-order valence-corrected chi connectivity index (χ1v) is 9.47. The first kappa shape index (κ1) is 22.2. The van der Waals surface area contributed by atoms with Gasteiger partial charge < -0.3 is 4.74 Å². The molecule has 1 heterocycles. The van der Waals surface area contributed by atoms with E-state index in [1.807, 2.05) is 9.82 Å². The molecular weight excluding hydrogens is 458 g/mol. The smallest absolute Gasteiger partial charge is 0.406 e. The molecule has 31 heavy (non-hydrogen) atoms. The number of aromatic amines is 2. The van der Waals surface area contributed by atoms with Gasteiger partial charge in [0.05, 0.1) is 16.1 Å². The van der Waals surface area contributed by atoms with Crippen LogP contribution in [-0.2, 0) is 16.2 Å². The molecule has 0 amide bonds. The Morgan fingerprint density at radius 2 is 1.61 bits per heavy atom. The Morgan fingerprint density at radius 3 is 2.13 bits per heavy atom. The summed E-state index contributed by atoms with van der Waals surface area (Å²) >= 11 is 0. The minimum atomic E-state index is -4.99. The highest BCUT2D eigenvalue weighted by atomic mass is 32.2. The number of hydrogen-bond acceptors (Lipinski definition) is 5. The van der Waals surface area contributed by atoms with Gasteiger partial charge >= 0.3 is 18.2 Å². The lowest BCUT2D eigenvalue weighted by atomic mass is 10.1. The minimum absolute atomic E-state index is 0.250. The van der Waals surface area contributed by atoms with Crippen LogP contribution in [0, 0.1) is 0 Å². The lowest BCUT2D eigenvalue weighted by Crippen LogP contribution is -2.17. The number of nitrogens with one attached hydrogen (secondary N) is 3. The van der Waals surface area contributed by atoms with Gasteiger partial charge in [-0.25, -0.2) is 18.3 Å². The number of hydrogen-bond donors (Lipinski definition) is 3. The Hall–Kier alpha value is -3.49. The molecule has 0 aliphatic carbocycles. The number of halogens is 6. The number of ether oxygens (including phenoxy) is 1. The maximum Gasteiger partial charge on any atom is 0.573 e. The fourth-order valence-electron chi connectivity index (χ4n) is 2.43. The van der Waals surface area contributed by atoms with Crippen LogP contribution in [0.5, 0.6) is 5.75 Å². The lowest BCUT2D eigenvalue weighted by molar-refractivity contribution is -0.274. The molecule has 0 radical (unpaired) electrons. The van der Waals surface area contributed by atoms with E-state index in [1.54, 1.807) is 0 Å². The number of benzene rings is 2. The van der Waals surface area contributed by atoms with Gasteiger partial charge in [-0.15, -0.1) is 13.2 Å². The van der Waals surface area contributed by atoms with Gasteiger partial charge in [0.2, 0.25) is 0 Å². The third kappa shape index (κ3) is 5.56. The van der Waals surface area contributed by atoms with E-state index < -0.39 is 50.1 Å². The van der Waals surface area contributed by atoms with Gasteiger partial charge in [-0.1, -0.05) is 0 Å². The molecule has 3 aromatic rings. The molecule has 1 aromatic heterocycles. The first-order chi connectivity index (χ1) is 14.2. The fourth-order valence-corrected chi connectivity index (χ4v) is 3.47. The van der Waals surface area contributed by atoms with Crippen molar-refractivity contribution in [3.8, 4) is 17.1 Å². The standard InChI is InChI=1S/C16H10F6N4O4S/c17-15(18,19)9-5-8(13-23-14(27)25-24-13)6-10(7-9)26-31(28,29)12-3-1-11(2-4-12)30-16(20,21)22/h1-7,26H,(H2,23,24,25,27). The summed E-state index contributed by atoms with van der Waals surface area (Å²) < 4.78 is 107. The molecule has 0 bridgehead atoms. The maximum atomic E-state index is 13.2. The molecule has 3 N–H and O–H groups in total. The minimum Gasteiger partial charge on any atom is -0.406 e. The van der Waals surface area contributed by atoms with E-state index in [9.17, 15) is 39.6 Å². The van der Waals surface area contributed by atoms with Crippen molar-refractivity contribution < 1.29 is 39.5 Å². The Labute approximate surface area is 168 Å². The largest absolute Gasteiger partial charge is 0.573 e. The molecule has 15 heteroatoms. The SMILES string of the molecule is O=c1[nH]nc(-c2cc(NS(=O)(=O)c3ccc(OC(F)(F)F)cc3)cc(C(F)(F)F)c2)[nH]1. The van der Waals surface area contributed by atoms with Gasteiger partial charge in [0.1, 0.15) is 5.75 Å². The van der Waals surface area contributed by atoms with Crippen LogP contribution < -0.4 is 15.1 Å². The van der Waals surface area contributed by atoms with Crippen LogP contribution in [0.15, 0.2) is 52.2 Å². The average molecular weight is 468 g/mol. The molecule has 0 atom stereocenters. The van der Waals surface area contributed by atoms with Gasteiger partial charge in [-0.05, 0) is 42.5 Å². The van der Waals surface area contributed by atoms with Crippen molar-refractivity contribution in [1.82, 2.24) is 15.2 Å². The second-order valence-corrected chi connectivity index (χ2v) is 7.63. The monoisotopic (exact) mass is 468 g/mol. The molecule has 0 spiro atoms. The number of nitrogens with zero attached hydrogens (tertiary/aromatic N) is 1. The molecule has 0 saturated carbocycles. The summed E-state index contributed by atoms with van der Waals surface area (Å²) in [5.41, 5.74) is -2.81. The number of sulfonamides is 1. The molecule has 166 valence electrons. The van der Waals surface area contributed by atoms with E-state index in [-0.39, 0.29) is 11.4 Å². The van der Waals surface area contributed by atoms with Crippen molar-refractivity contribution in [3.63, 3.8) is 0 Å². The average Bonchev–Trinajstić information content (AvgIpc) is 3.06. The van der Waals surface area contributed by atoms with Gasteiger partial charge in [0.25, 0.3) is 10.0 Å². The second-order valence-electron chi connectivity index (χ2n) is 5.95. The Bertz CT molecular complexity index is 1250. The predicted octanol–water partition coefficient (Wildman–Crippen LogP) is 3.48. The zero-order valence-electron chi connectivity index (χ0n) is 14.8. The van der Waals surface area contributed by atoms with Crippen LogP contribution in [0.2, 0.25) is 0 Å². The van der Waals surface area contributed by atoms with Crippen molar-refractivity contribution in [3.05, 3.63) is 58.5 Å². The van der Waals surface area contributed by atoms with Crippen LogP contribution >= 0.6 is 0 Å². The first-order valence-electron chi connectivity index (χ1n) is 7.99. The van der Waals surface area contributed by atoms with E-state index in [0.717, 1.165) is 30.3 Å². The summed E-state index contributed by atoms with van der Waals surface area (Å²) in [6.45, 7) is 0. The number of alkyl halides is 6. The summed E-state index contributed by atoms with van der Waals surface area (Å²) in [6.07, 6.45) is -9.84. The number of H-pyrrole nitrogens is 2. The molecule has 8 nitrogen and oxygen atoms in total. The highest BCUT2D eigenvalue weighted by molar-refractivity contribution is 7.92. The molecule has 0 fully saturated rings. The molecule has 3 rings (SSSR count). The molecule has 0 aliphatic heterocycles. The number of rotatable bonds is 5. The van der Waals surface area contributed by atoms with Crippen LogP contribution in [0.1, 0.15) is 5.56 Å². The van der Waals surface area contributed by atoms with Crippen molar-refractivity contribution in [2.24, 2.45) is 0 Å². The quantitative estimate of drug-likeness (QED) is 0.496. The summed E-state index contributed by atoms with van der Waals surface area (Å²) in [7, 11) is -4.48. The van der Waals surface area contributed by atoms with E-state index in [1.165, 1.54) is 0 Å². The Kier molecular flexibility index (Phi) is 5.47. The van der Waals surface area contributed by atoms with E-state index in [4.69, 9.17) is 0 Å². The number of anilines is 1. The summed E-state index contributed by atoms with van der Waals surface area (Å²) in [5.74, 6) is -0.958. The van der Waals surface area contributed by atoms with Gasteiger partial charge in [-0.2, -0.15) is 18.3 Å². The summed E-state index contributed by atoms with van der Waals surface area (Å²) in [4.78, 5) is 12.8. The highest BCUT2D eigenvalue weighted by Crippen LogP contribution is 2.34. The zero-order valence-corrected chi connectivity index (χ0v) is 15.6. The molecule has 2 aromatic carbocycles. The fraction of sp³-hybridized carbons (Fsp3) is 0.125. The Balaban J connectivity index is 1.96. The van der Waals surface area contributed by atoms with Crippen molar-refractivity contribution in [1.29, 1.82) is 0 Å². The highest BCUT2D eigenvalue weighted by Gasteiger charge is 2.33. The molecule has 0 aliphatic rings. The zero-order chi connectivity index (χ0) is 23.0.